The number of ether oxygens (including phenoxy) is 1. The molecule has 2 N–H and O–H groups in total. The van der Waals surface area contributed by atoms with Gasteiger partial charge in [-0.15, -0.1) is 5.10 Å². The third-order valence-corrected chi connectivity index (χ3v) is 4.81. The molecule has 0 saturated heterocycles. The molecule has 0 atom stereocenters. The molecule has 0 aliphatic carbocycles. The van der Waals surface area contributed by atoms with Gasteiger partial charge in [0.25, 0.3) is 5.69 Å². The first-order chi connectivity index (χ1) is 13.9. The topological polar surface area (TPSA) is 131 Å². The van der Waals surface area contributed by atoms with Crippen molar-refractivity contribution in [2.24, 2.45) is 0 Å². The van der Waals surface area contributed by atoms with Crippen LogP contribution in [0.4, 0.5) is 5.69 Å². The van der Waals surface area contributed by atoms with E-state index in [1.54, 1.807) is 18.2 Å². The molecular formula is C18H13ClN4O5S. The van der Waals surface area contributed by atoms with Crippen LogP contribution >= 0.6 is 23.4 Å². The zero-order chi connectivity index (χ0) is 21.0. The number of nitro groups is 1. The minimum atomic E-state index is -1.18. The van der Waals surface area contributed by atoms with Crippen molar-refractivity contribution in [3.8, 4) is 17.1 Å². The lowest BCUT2D eigenvalue weighted by molar-refractivity contribution is -0.384. The first-order valence-corrected chi connectivity index (χ1v) is 9.20. The van der Waals surface area contributed by atoms with Gasteiger partial charge >= 0.3 is 5.97 Å². The van der Waals surface area contributed by atoms with Gasteiger partial charge in [-0.2, -0.15) is 0 Å². The SMILES string of the molecule is COc1ccc(Cl)cc1-c1nc(S/C(=C\c2ccc([N+](=O)[O-])cc2)C(=O)O)n[nH]1. The van der Waals surface area contributed by atoms with Crippen LogP contribution in [0.1, 0.15) is 5.56 Å². The molecule has 0 spiro atoms. The van der Waals surface area contributed by atoms with Gasteiger partial charge in [0, 0.05) is 17.2 Å². The summed E-state index contributed by atoms with van der Waals surface area (Å²) in [5.74, 6) is -0.283. The number of aromatic nitrogens is 3. The highest BCUT2D eigenvalue weighted by Gasteiger charge is 2.16. The van der Waals surface area contributed by atoms with E-state index >= 15 is 0 Å². The number of hydrogen-bond donors (Lipinski definition) is 2. The molecule has 0 saturated carbocycles. The molecule has 11 heteroatoms. The Morgan fingerprint density at radius 2 is 2.03 bits per heavy atom. The Labute approximate surface area is 173 Å². The lowest BCUT2D eigenvalue weighted by Gasteiger charge is -2.05. The number of benzene rings is 2. The van der Waals surface area contributed by atoms with Gasteiger partial charge in [0.1, 0.15) is 10.7 Å². The summed E-state index contributed by atoms with van der Waals surface area (Å²) >= 11 is 6.86. The fourth-order valence-electron chi connectivity index (χ4n) is 2.35. The predicted molar refractivity (Wildman–Crippen MR) is 108 cm³/mol. The number of hydrogen-bond acceptors (Lipinski definition) is 7. The summed E-state index contributed by atoms with van der Waals surface area (Å²) in [6, 6.07) is 10.5. The number of carboxylic acids is 1. The van der Waals surface area contributed by atoms with Gasteiger partial charge in [0.05, 0.1) is 17.6 Å². The maximum absolute atomic E-state index is 11.6. The van der Waals surface area contributed by atoms with Crippen LogP contribution in [0.25, 0.3) is 17.5 Å². The number of thioether (sulfide) groups is 1. The number of nitrogens with zero attached hydrogens (tertiary/aromatic N) is 3. The van der Waals surface area contributed by atoms with Crippen LogP contribution in [0.15, 0.2) is 52.5 Å². The molecule has 148 valence electrons. The molecule has 0 fully saturated rings. The minimum absolute atomic E-state index is 0.0533. The van der Waals surface area contributed by atoms with Crippen molar-refractivity contribution in [1.82, 2.24) is 15.2 Å². The molecule has 3 aromatic rings. The van der Waals surface area contributed by atoms with Crippen LogP contribution in [0.5, 0.6) is 5.75 Å². The normalized spacial score (nSPS) is 11.3. The van der Waals surface area contributed by atoms with Crippen molar-refractivity contribution in [1.29, 1.82) is 0 Å². The Kier molecular flexibility index (Phi) is 6.15. The third kappa shape index (κ3) is 4.92. The van der Waals surface area contributed by atoms with Gasteiger partial charge in [-0.1, -0.05) is 11.6 Å². The molecule has 3 rings (SSSR count). The lowest BCUT2D eigenvalue weighted by Crippen LogP contribution is -1.97. The van der Waals surface area contributed by atoms with E-state index in [2.05, 4.69) is 15.2 Å². The molecule has 9 nitrogen and oxygen atoms in total. The quantitative estimate of drug-likeness (QED) is 0.245. The Morgan fingerprint density at radius 3 is 2.66 bits per heavy atom. The molecule has 29 heavy (non-hydrogen) atoms. The number of methoxy groups -OCH3 is 1. The van der Waals surface area contributed by atoms with Crippen molar-refractivity contribution in [3.63, 3.8) is 0 Å². The molecule has 0 unspecified atom stereocenters. The molecule has 0 amide bonds. The monoisotopic (exact) mass is 432 g/mol. The number of non-ortho nitro benzene ring substituents is 1. The summed E-state index contributed by atoms with van der Waals surface area (Å²) < 4.78 is 5.28. The van der Waals surface area contributed by atoms with Gasteiger partial charge in [-0.25, -0.2) is 9.78 Å². The second-order valence-electron chi connectivity index (χ2n) is 5.58. The van der Waals surface area contributed by atoms with E-state index in [0.717, 1.165) is 11.8 Å². The number of aliphatic carboxylic acids is 1. The average Bonchev–Trinajstić information content (AvgIpc) is 3.16. The molecule has 0 aliphatic rings. The molecule has 1 heterocycles. The zero-order valence-electron chi connectivity index (χ0n) is 14.8. The van der Waals surface area contributed by atoms with Crippen LogP contribution in [0.2, 0.25) is 5.02 Å². The Bertz CT molecular complexity index is 1100. The molecule has 0 radical (unpaired) electrons. The second kappa shape index (κ2) is 8.76. The molecular weight excluding hydrogens is 420 g/mol. The van der Waals surface area contributed by atoms with E-state index in [1.807, 2.05) is 0 Å². The average molecular weight is 433 g/mol. The predicted octanol–water partition coefficient (Wildman–Crippen LogP) is 4.26. The maximum Gasteiger partial charge on any atom is 0.342 e. The summed E-state index contributed by atoms with van der Waals surface area (Å²) in [6.45, 7) is 0. The third-order valence-electron chi connectivity index (χ3n) is 3.70. The van der Waals surface area contributed by atoms with Gasteiger partial charge in [-0.3, -0.25) is 15.2 Å². The van der Waals surface area contributed by atoms with Crippen LogP contribution < -0.4 is 4.74 Å². The lowest BCUT2D eigenvalue weighted by atomic mass is 10.2. The van der Waals surface area contributed by atoms with E-state index in [4.69, 9.17) is 16.3 Å². The summed E-state index contributed by atoms with van der Waals surface area (Å²) in [4.78, 5) is 26.0. The van der Waals surface area contributed by atoms with Gasteiger partial charge in [-0.05, 0) is 53.7 Å². The number of nitrogens with one attached hydrogen (secondary N) is 1. The van der Waals surface area contributed by atoms with Crippen molar-refractivity contribution in [2.75, 3.05) is 7.11 Å². The van der Waals surface area contributed by atoms with Gasteiger partial charge in [0.15, 0.2) is 5.82 Å². The van der Waals surface area contributed by atoms with Crippen molar-refractivity contribution >= 4 is 41.1 Å². The van der Waals surface area contributed by atoms with E-state index in [-0.39, 0.29) is 15.7 Å². The Morgan fingerprint density at radius 1 is 1.31 bits per heavy atom. The number of carboxylic acid groups (broad SMARTS) is 1. The number of nitro benzene ring substituents is 1. The second-order valence-corrected chi connectivity index (χ2v) is 7.02. The maximum atomic E-state index is 11.6. The number of halogens is 1. The standard InChI is InChI=1S/C18H13ClN4O5S/c1-28-14-7-4-11(19)9-13(14)16-20-18(22-21-16)29-15(17(24)25)8-10-2-5-12(6-3-10)23(26)27/h2-9H,1H3,(H,24,25)(H,20,21,22)/b15-8-. The largest absolute Gasteiger partial charge is 0.496 e. The highest BCUT2D eigenvalue weighted by molar-refractivity contribution is 8.04. The van der Waals surface area contributed by atoms with Gasteiger partial charge < -0.3 is 9.84 Å². The number of H-pyrrole nitrogens is 1. The van der Waals surface area contributed by atoms with E-state index < -0.39 is 10.9 Å². The van der Waals surface area contributed by atoms with Crippen LogP contribution in [-0.4, -0.2) is 38.3 Å². The van der Waals surface area contributed by atoms with Gasteiger partial charge in [0.2, 0.25) is 5.16 Å². The molecule has 0 bridgehead atoms. The summed E-state index contributed by atoms with van der Waals surface area (Å²) in [6.07, 6.45) is 1.38. The minimum Gasteiger partial charge on any atom is -0.496 e. The number of aromatic amines is 1. The molecule has 2 aromatic carbocycles. The van der Waals surface area contributed by atoms with Crippen molar-refractivity contribution in [2.45, 2.75) is 5.16 Å². The first-order valence-electron chi connectivity index (χ1n) is 8.01. The summed E-state index contributed by atoms with van der Waals surface area (Å²) in [5.41, 5.74) is 0.990. The Hall–Kier alpha value is -3.37. The zero-order valence-corrected chi connectivity index (χ0v) is 16.4. The molecule has 0 aliphatic heterocycles. The van der Waals surface area contributed by atoms with Crippen molar-refractivity contribution < 1.29 is 19.6 Å². The highest BCUT2D eigenvalue weighted by atomic mass is 35.5. The van der Waals surface area contributed by atoms with Crippen LogP contribution in [0, 0.1) is 10.1 Å². The highest BCUT2D eigenvalue weighted by Crippen LogP contribution is 2.32. The Balaban J connectivity index is 1.86. The summed E-state index contributed by atoms with van der Waals surface area (Å²) in [5, 5.41) is 27.6. The summed E-state index contributed by atoms with van der Waals surface area (Å²) in [7, 11) is 1.51. The number of carbonyl (C=O) groups is 1. The fourth-order valence-corrected chi connectivity index (χ4v) is 3.23. The van der Waals surface area contributed by atoms with Crippen LogP contribution in [-0.2, 0) is 4.79 Å². The van der Waals surface area contributed by atoms with E-state index in [9.17, 15) is 20.0 Å². The van der Waals surface area contributed by atoms with Crippen LogP contribution in [0.3, 0.4) is 0 Å². The fraction of sp³-hybridized carbons (Fsp3) is 0.0556. The van der Waals surface area contributed by atoms with E-state index in [1.165, 1.54) is 37.5 Å². The number of rotatable bonds is 7. The molecule has 1 aromatic heterocycles. The first kappa shape index (κ1) is 20.4. The van der Waals surface area contributed by atoms with E-state index in [0.29, 0.717) is 27.7 Å². The smallest absolute Gasteiger partial charge is 0.342 e. The van der Waals surface area contributed by atoms with Crippen molar-refractivity contribution in [3.05, 3.63) is 68.1 Å².